The Balaban J connectivity index is 2.87. The van der Waals surface area contributed by atoms with Gasteiger partial charge in [0.25, 0.3) is 11.6 Å². The summed E-state index contributed by atoms with van der Waals surface area (Å²) in [7, 11) is 5.18. The topological polar surface area (TPSA) is 91.3 Å². The Hall–Kier alpha value is -1.80. The molecule has 0 bridgehead atoms. The highest BCUT2D eigenvalue weighted by atomic mass is 16.8. The lowest BCUT2D eigenvalue weighted by Gasteiger charge is -2.39. The third-order valence-corrected chi connectivity index (χ3v) is 3.76. The lowest BCUT2D eigenvalue weighted by molar-refractivity contribution is -0.365. The summed E-state index contributed by atoms with van der Waals surface area (Å²) in [5, 5.41) is 9.28. The highest BCUT2D eigenvalue weighted by Crippen LogP contribution is 2.50. The Morgan fingerprint density at radius 3 is 1.95 bits per heavy atom. The zero-order valence-corrected chi connectivity index (χ0v) is 12.1. The molecule has 0 saturated carbocycles. The van der Waals surface area contributed by atoms with E-state index in [9.17, 15) is 14.7 Å². The van der Waals surface area contributed by atoms with E-state index in [4.69, 9.17) is 18.9 Å². The number of benzene rings is 1. The maximum atomic E-state index is 12.8. The molecule has 1 aliphatic carbocycles. The van der Waals surface area contributed by atoms with Crippen molar-refractivity contribution in [2.75, 3.05) is 28.4 Å². The Bertz CT molecular complexity index is 585. The monoisotopic (exact) mass is 296 g/mol. The number of hydrogen-bond donors (Lipinski definition) is 1. The zero-order valence-electron chi connectivity index (χ0n) is 12.1. The first-order valence-corrected chi connectivity index (χ1v) is 6.08. The quantitative estimate of drug-likeness (QED) is 0.811. The lowest BCUT2D eigenvalue weighted by Crippen LogP contribution is -2.57. The number of carboxylic acid groups (broad SMARTS) is 1. The number of Topliss-reactive ketones (excluding diaryl/α,β-unsaturated/α-hetero) is 1. The highest BCUT2D eigenvalue weighted by Gasteiger charge is 2.68. The summed E-state index contributed by atoms with van der Waals surface area (Å²) in [6.07, 6.45) is 0. The molecule has 7 nitrogen and oxygen atoms in total. The molecule has 21 heavy (non-hydrogen) atoms. The van der Waals surface area contributed by atoms with E-state index in [0.717, 1.165) is 0 Å². The van der Waals surface area contributed by atoms with Crippen LogP contribution in [0, 0.1) is 0 Å². The van der Waals surface area contributed by atoms with Gasteiger partial charge in [0, 0.05) is 39.6 Å². The van der Waals surface area contributed by atoms with Crippen LogP contribution in [-0.2, 0) is 24.7 Å². The number of carbonyl (C=O) groups excluding carboxylic acids is 1. The number of carboxylic acids is 1. The standard InChI is InChI=1S/C14H16O7/c1-18-13(19-2)9-7-5-6-8(12(16)17)10(9)11(15)14(13,20-3)21-4/h5-7H,1-4H3,(H,16,17). The van der Waals surface area contributed by atoms with Crippen LogP contribution in [0.15, 0.2) is 18.2 Å². The smallest absolute Gasteiger partial charge is 0.336 e. The van der Waals surface area contributed by atoms with Crippen molar-refractivity contribution in [2.24, 2.45) is 0 Å². The van der Waals surface area contributed by atoms with Crippen LogP contribution in [-0.4, -0.2) is 51.1 Å². The van der Waals surface area contributed by atoms with Crippen molar-refractivity contribution in [3.63, 3.8) is 0 Å². The van der Waals surface area contributed by atoms with Gasteiger partial charge in [0.05, 0.1) is 5.56 Å². The van der Waals surface area contributed by atoms with Gasteiger partial charge in [-0.2, -0.15) is 0 Å². The second-order valence-electron chi connectivity index (χ2n) is 4.41. The van der Waals surface area contributed by atoms with Crippen molar-refractivity contribution < 1.29 is 33.6 Å². The second kappa shape index (κ2) is 5.19. The van der Waals surface area contributed by atoms with Gasteiger partial charge in [-0.3, -0.25) is 4.79 Å². The summed E-state index contributed by atoms with van der Waals surface area (Å²) < 4.78 is 21.3. The maximum Gasteiger partial charge on any atom is 0.336 e. The fourth-order valence-electron chi connectivity index (χ4n) is 2.85. The molecule has 0 aromatic heterocycles. The number of ether oxygens (including phenoxy) is 4. The highest BCUT2D eigenvalue weighted by molar-refractivity contribution is 6.13. The normalized spacial score (nSPS) is 18.6. The molecule has 114 valence electrons. The molecule has 0 fully saturated rings. The van der Waals surface area contributed by atoms with E-state index in [1.165, 1.54) is 40.6 Å². The van der Waals surface area contributed by atoms with E-state index in [0.29, 0.717) is 0 Å². The van der Waals surface area contributed by atoms with Gasteiger partial charge < -0.3 is 24.1 Å². The van der Waals surface area contributed by atoms with Crippen molar-refractivity contribution in [3.05, 3.63) is 34.9 Å². The zero-order chi connectivity index (χ0) is 15.8. The van der Waals surface area contributed by atoms with Gasteiger partial charge in [0.1, 0.15) is 0 Å². The van der Waals surface area contributed by atoms with Crippen LogP contribution in [0.1, 0.15) is 26.3 Å². The predicted octanol–water partition coefficient (Wildman–Crippen LogP) is 1.02. The van der Waals surface area contributed by atoms with E-state index in [1.807, 2.05) is 0 Å². The van der Waals surface area contributed by atoms with Crippen molar-refractivity contribution in [1.82, 2.24) is 0 Å². The Morgan fingerprint density at radius 2 is 1.52 bits per heavy atom. The fourth-order valence-corrected chi connectivity index (χ4v) is 2.85. The Kier molecular flexibility index (Phi) is 3.85. The molecule has 2 rings (SSSR count). The molecule has 1 N–H and O–H groups in total. The van der Waals surface area contributed by atoms with Crippen molar-refractivity contribution in [1.29, 1.82) is 0 Å². The molecule has 0 aliphatic heterocycles. The summed E-state index contributed by atoms with van der Waals surface area (Å²) in [5.74, 6) is -5.49. The summed E-state index contributed by atoms with van der Waals surface area (Å²) in [4.78, 5) is 24.1. The predicted molar refractivity (Wildman–Crippen MR) is 70.2 cm³/mol. The molecule has 0 spiro atoms. The van der Waals surface area contributed by atoms with Crippen molar-refractivity contribution in [3.8, 4) is 0 Å². The number of methoxy groups -OCH3 is 4. The van der Waals surface area contributed by atoms with Crippen LogP contribution >= 0.6 is 0 Å². The number of rotatable bonds is 5. The fraction of sp³-hybridized carbons (Fsp3) is 0.429. The number of hydrogen-bond acceptors (Lipinski definition) is 6. The first-order valence-electron chi connectivity index (χ1n) is 6.08. The number of fused-ring (bicyclic) bond motifs is 1. The molecule has 0 amide bonds. The molecule has 0 radical (unpaired) electrons. The molecule has 1 aliphatic rings. The van der Waals surface area contributed by atoms with Crippen LogP contribution in [0.2, 0.25) is 0 Å². The largest absolute Gasteiger partial charge is 0.478 e. The molecular weight excluding hydrogens is 280 g/mol. The first-order chi connectivity index (χ1) is 9.95. The minimum atomic E-state index is -1.91. The van der Waals surface area contributed by atoms with Gasteiger partial charge >= 0.3 is 5.97 Å². The Labute approximate surface area is 121 Å². The van der Waals surface area contributed by atoms with E-state index in [1.54, 1.807) is 6.07 Å². The van der Waals surface area contributed by atoms with Gasteiger partial charge in [0.15, 0.2) is 0 Å². The molecule has 0 atom stereocenters. The number of ketones is 1. The van der Waals surface area contributed by atoms with Crippen LogP contribution in [0.3, 0.4) is 0 Å². The maximum absolute atomic E-state index is 12.8. The number of carbonyl (C=O) groups is 2. The average molecular weight is 296 g/mol. The molecule has 0 unspecified atom stereocenters. The SMILES string of the molecule is COC1(OC)C(=O)c2c(C(=O)O)cccc2C1(OC)OC. The third kappa shape index (κ3) is 1.69. The Morgan fingerprint density at radius 1 is 1.00 bits per heavy atom. The van der Waals surface area contributed by atoms with Gasteiger partial charge in [-0.1, -0.05) is 12.1 Å². The van der Waals surface area contributed by atoms with Gasteiger partial charge in [-0.05, 0) is 6.07 Å². The number of aromatic carboxylic acids is 1. The van der Waals surface area contributed by atoms with E-state index < -0.39 is 23.3 Å². The molecular formula is C14H16O7. The van der Waals surface area contributed by atoms with Gasteiger partial charge in [-0.15, -0.1) is 0 Å². The molecule has 1 aromatic carbocycles. The summed E-state index contributed by atoms with van der Waals surface area (Å²) in [5.41, 5.74) is 0.0467. The van der Waals surface area contributed by atoms with Crippen LogP contribution in [0.5, 0.6) is 0 Å². The summed E-state index contributed by atoms with van der Waals surface area (Å²) in [6, 6.07) is 4.38. The van der Waals surface area contributed by atoms with E-state index >= 15 is 0 Å². The van der Waals surface area contributed by atoms with E-state index in [-0.39, 0.29) is 16.7 Å². The average Bonchev–Trinajstić information content (AvgIpc) is 2.72. The van der Waals surface area contributed by atoms with Gasteiger partial charge in [0.2, 0.25) is 5.78 Å². The summed E-state index contributed by atoms with van der Waals surface area (Å²) >= 11 is 0. The first kappa shape index (κ1) is 15.6. The van der Waals surface area contributed by atoms with Crippen LogP contribution < -0.4 is 0 Å². The van der Waals surface area contributed by atoms with E-state index in [2.05, 4.69) is 0 Å². The lowest BCUT2D eigenvalue weighted by atomic mass is 10.0. The minimum absolute atomic E-state index is 0.0441. The summed E-state index contributed by atoms with van der Waals surface area (Å²) in [6.45, 7) is 0. The van der Waals surface area contributed by atoms with Gasteiger partial charge in [-0.25, -0.2) is 4.79 Å². The molecule has 1 aromatic rings. The third-order valence-electron chi connectivity index (χ3n) is 3.76. The molecule has 0 saturated heterocycles. The van der Waals surface area contributed by atoms with Crippen molar-refractivity contribution in [2.45, 2.75) is 11.6 Å². The molecule has 7 heteroatoms. The van der Waals surface area contributed by atoms with Crippen molar-refractivity contribution >= 4 is 11.8 Å². The second-order valence-corrected chi connectivity index (χ2v) is 4.41. The van der Waals surface area contributed by atoms with Crippen LogP contribution in [0.25, 0.3) is 0 Å². The minimum Gasteiger partial charge on any atom is -0.478 e. The molecule has 0 heterocycles. The van der Waals surface area contributed by atoms with Crippen LogP contribution in [0.4, 0.5) is 0 Å².